The monoisotopic (exact) mass is 332 g/mol. The van der Waals surface area contributed by atoms with Crippen LogP contribution >= 0.6 is 11.6 Å². The Labute approximate surface area is 131 Å². The van der Waals surface area contributed by atoms with E-state index in [-0.39, 0.29) is 35.0 Å². The number of sulfonamides is 1. The van der Waals surface area contributed by atoms with Gasteiger partial charge in [-0.1, -0.05) is 24.6 Å². The van der Waals surface area contributed by atoms with Gasteiger partial charge in [-0.2, -0.15) is 4.31 Å². The quantitative estimate of drug-likeness (QED) is 0.868. The molecule has 1 rings (SSSR count). The van der Waals surface area contributed by atoms with Gasteiger partial charge in [-0.3, -0.25) is 4.79 Å². The molecule has 0 aromatic heterocycles. The van der Waals surface area contributed by atoms with Crippen LogP contribution in [-0.2, 0) is 14.8 Å². The second-order valence-electron chi connectivity index (χ2n) is 5.09. The summed E-state index contributed by atoms with van der Waals surface area (Å²) in [5, 5.41) is 2.84. The lowest BCUT2D eigenvalue weighted by molar-refractivity contribution is -0.121. The van der Waals surface area contributed by atoms with E-state index in [1.54, 1.807) is 19.1 Å². The first kappa shape index (κ1) is 17.9. The third-order valence-electron chi connectivity index (χ3n) is 2.83. The predicted octanol–water partition coefficient (Wildman–Crippen LogP) is 2.18. The summed E-state index contributed by atoms with van der Waals surface area (Å²) in [7, 11) is -3.79. The number of benzene rings is 1. The molecule has 0 unspecified atom stereocenters. The Morgan fingerprint density at radius 1 is 1.38 bits per heavy atom. The first-order valence-corrected chi connectivity index (χ1v) is 8.56. The van der Waals surface area contributed by atoms with Crippen LogP contribution in [0.5, 0.6) is 0 Å². The van der Waals surface area contributed by atoms with Crippen molar-refractivity contribution in [1.29, 1.82) is 0 Å². The van der Waals surface area contributed by atoms with Gasteiger partial charge in [0.15, 0.2) is 0 Å². The van der Waals surface area contributed by atoms with Crippen molar-refractivity contribution in [2.24, 2.45) is 0 Å². The van der Waals surface area contributed by atoms with Crippen LogP contribution in [0, 0.1) is 6.92 Å². The molecule has 1 aromatic rings. The number of likely N-dealkylation sites (N-methyl/N-ethyl adjacent to an activating group) is 1. The van der Waals surface area contributed by atoms with Crippen LogP contribution < -0.4 is 5.32 Å². The number of halogens is 1. The summed E-state index contributed by atoms with van der Waals surface area (Å²) in [4.78, 5) is 11.8. The molecule has 0 aliphatic heterocycles. The Hall–Kier alpha value is -1.11. The second-order valence-corrected chi connectivity index (χ2v) is 7.40. The van der Waals surface area contributed by atoms with E-state index in [0.29, 0.717) is 0 Å². The predicted molar refractivity (Wildman–Crippen MR) is 83.9 cm³/mol. The average molecular weight is 333 g/mol. The van der Waals surface area contributed by atoms with Crippen molar-refractivity contribution in [3.8, 4) is 0 Å². The van der Waals surface area contributed by atoms with E-state index in [1.165, 1.54) is 6.07 Å². The maximum Gasteiger partial charge on any atom is 0.245 e. The molecule has 1 aromatic carbocycles. The van der Waals surface area contributed by atoms with Gasteiger partial charge in [0, 0.05) is 12.6 Å². The summed E-state index contributed by atoms with van der Waals surface area (Å²) < 4.78 is 26.3. The Morgan fingerprint density at radius 3 is 2.48 bits per heavy atom. The van der Waals surface area contributed by atoms with E-state index in [9.17, 15) is 13.2 Å². The van der Waals surface area contributed by atoms with Crippen LogP contribution in [0.15, 0.2) is 23.1 Å². The fourth-order valence-electron chi connectivity index (χ4n) is 1.85. The number of nitrogens with zero attached hydrogens (tertiary/aromatic N) is 1. The van der Waals surface area contributed by atoms with E-state index in [4.69, 9.17) is 11.6 Å². The van der Waals surface area contributed by atoms with Crippen molar-refractivity contribution in [1.82, 2.24) is 9.62 Å². The molecule has 5 nitrogen and oxygen atoms in total. The molecule has 0 heterocycles. The van der Waals surface area contributed by atoms with E-state index < -0.39 is 10.0 Å². The number of nitrogens with one attached hydrogen (secondary N) is 1. The number of carbonyl (C=O) groups is 1. The van der Waals surface area contributed by atoms with E-state index in [0.717, 1.165) is 9.87 Å². The molecule has 0 saturated heterocycles. The fraction of sp³-hybridized carbons (Fsp3) is 0.500. The van der Waals surface area contributed by atoms with Gasteiger partial charge in [-0.15, -0.1) is 0 Å². The minimum atomic E-state index is -3.79. The summed E-state index contributed by atoms with van der Waals surface area (Å²) in [6, 6.07) is 4.70. The molecule has 0 fully saturated rings. The molecular formula is C14H21ClN2O3S. The zero-order valence-corrected chi connectivity index (χ0v) is 14.3. The lowest BCUT2D eigenvalue weighted by Gasteiger charge is -2.21. The van der Waals surface area contributed by atoms with Gasteiger partial charge < -0.3 is 5.32 Å². The van der Waals surface area contributed by atoms with Crippen LogP contribution in [0.3, 0.4) is 0 Å². The van der Waals surface area contributed by atoms with Gasteiger partial charge in [0.25, 0.3) is 0 Å². The Balaban J connectivity index is 3.05. The zero-order chi connectivity index (χ0) is 16.2. The number of hydrogen-bond acceptors (Lipinski definition) is 3. The lowest BCUT2D eigenvalue weighted by atomic mass is 10.2. The molecule has 0 spiro atoms. The van der Waals surface area contributed by atoms with Crippen molar-refractivity contribution in [3.05, 3.63) is 28.8 Å². The summed E-state index contributed by atoms with van der Waals surface area (Å²) in [6.45, 7) is 7.12. The molecule has 1 amide bonds. The van der Waals surface area contributed by atoms with Crippen molar-refractivity contribution in [2.75, 3.05) is 13.1 Å². The maximum atomic E-state index is 12.6. The molecular weight excluding hydrogens is 312 g/mol. The number of amides is 1. The summed E-state index contributed by atoms with van der Waals surface area (Å²) in [5.41, 5.74) is 0.875. The molecule has 118 valence electrons. The van der Waals surface area contributed by atoms with Gasteiger partial charge in [0.05, 0.1) is 11.6 Å². The van der Waals surface area contributed by atoms with E-state index >= 15 is 0 Å². The SMILES string of the molecule is CCN(CC(=O)NC(C)C)S(=O)(=O)c1ccc(C)cc1Cl. The van der Waals surface area contributed by atoms with Gasteiger partial charge in [-0.05, 0) is 38.5 Å². The third-order valence-corrected chi connectivity index (χ3v) is 5.23. The highest BCUT2D eigenvalue weighted by Crippen LogP contribution is 2.25. The highest BCUT2D eigenvalue weighted by molar-refractivity contribution is 7.89. The molecule has 7 heteroatoms. The van der Waals surface area contributed by atoms with Crippen molar-refractivity contribution in [3.63, 3.8) is 0 Å². The number of hydrogen-bond donors (Lipinski definition) is 1. The Bertz CT molecular complexity index is 615. The normalized spacial score (nSPS) is 12.0. The topological polar surface area (TPSA) is 66.5 Å². The first-order chi connectivity index (χ1) is 9.68. The minimum absolute atomic E-state index is 0.0222. The molecule has 0 atom stereocenters. The molecule has 0 aliphatic carbocycles. The number of aryl methyl sites for hydroxylation is 1. The van der Waals surface area contributed by atoms with Gasteiger partial charge in [0.2, 0.25) is 15.9 Å². The molecule has 0 aliphatic rings. The van der Waals surface area contributed by atoms with Crippen molar-refractivity contribution in [2.45, 2.75) is 38.6 Å². The molecule has 21 heavy (non-hydrogen) atoms. The summed E-state index contributed by atoms with van der Waals surface area (Å²) >= 11 is 6.03. The zero-order valence-electron chi connectivity index (χ0n) is 12.7. The maximum absolute atomic E-state index is 12.6. The average Bonchev–Trinajstić information content (AvgIpc) is 2.34. The van der Waals surface area contributed by atoms with Crippen LogP contribution in [0.25, 0.3) is 0 Å². The number of carbonyl (C=O) groups excluding carboxylic acids is 1. The third kappa shape index (κ3) is 4.69. The second kappa shape index (κ2) is 7.24. The van der Waals surface area contributed by atoms with Crippen molar-refractivity contribution >= 4 is 27.5 Å². The standard InChI is InChI=1S/C14H21ClN2O3S/c1-5-17(9-14(18)16-10(2)3)21(19,20)13-7-6-11(4)8-12(13)15/h6-8,10H,5,9H2,1-4H3,(H,16,18). The van der Waals surface area contributed by atoms with Crippen LogP contribution in [-0.4, -0.2) is 37.8 Å². The first-order valence-electron chi connectivity index (χ1n) is 6.74. The van der Waals surface area contributed by atoms with Gasteiger partial charge >= 0.3 is 0 Å². The van der Waals surface area contributed by atoms with E-state index in [1.807, 2.05) is 20.8 Å². The Morgan fingerprint density at radius 2 is 2.00 bits per heavy atom. The van der Waals surface area contributed by atoms with Gasteiger partial charge in [0.1, 0.15) is 4.90 Å². The lowest BCUT2D eigenvalue weighted by Crippen LogP contribution is -2.42. The largest absolute Gasteiger partial charge is 0.353 e. The highest BCUT2D eigenvalue weighted by Gasteiger charge is 2.27. The smallest absolute Gasteiger partial charge is 0.245 e. The minimum Gasteiger partial charge on any atom is -0.353 e. The van der Waals surface area contributed by atoms with Crippen LogP contribution in [0.2, 0.25) is 5.02 Å². The summed E-state index contributed by atoms with van der Waals surface area (Å²) in [5.74, 6) is -0.335. The molecule has 1 N–H and O–H groups in total. The van der Waals surface area contributed by atoms with Crippen LogP contribution in [0.1, 0.15) is 26.3 Å². The van der Waals surface area contributed by atoms with E-state index in [2.05, 4.69) is 5.32 Å². The summed E-state index contributed by atoms with van der Waals surface area (Å²) in [6.07, 6.45) is 0. The Kier molecular flexibility index (Phi) is 6.19. The fourth-order valence-corrected chi connectivity index (χ4v) is 3.83. The van der Waals surface area contributed by atoms with Crippen molar-refractivity contribution < 1.29 is 13.2 Å². The molecule has 0 bridgehead atoms. The van der Waals surface area contributed by atoms with Gasteiger partial charge in [-0.25, -0.2) is 8.42 Å². The van der Waals surface area contributed by atoms with Crippen LogP contribution in [0.4, 0.5) is 0 Å². The molecule has 0 radical (unpaired) electrons. The number of rotatable bonds is 6. The molecule has 0 saturated carbocycles. The highest BCUT2D eigenvalue weighted by atomic mass is 35.5.